The van der Waals surface area contributed by atoms with Crippen LogP contribution in [0.2, 0.25) is 0 Å². The molecule has 3 unspecified atom stereocenters. The molecule has 0 bridgehead atoms. The van der Waals surface area contributed by atoms with Gasteiger partial charge in [-0.1, -0.05) is 20.8 Å². The van der Waals surface area contributed by atoms with Crippen molar-refractivity contribution in [3.05, 3.63) is 0 Å². The Kier molecular flexibility index (Phi) is 6.19. The molecule has 0 aliphatic carbocycles. The summed E-state index contributed by atoms with van der Waals surface area (Å²) in [5.41, 5.74) is 0. The quantitative estimate of drug-likeness (QED) is 0.780. The van der Waals surface area contributed by atoms with Gasteiger partial charge in [-0.25, -0.2) is 8.42 Å². The van der Waals surface area contributed by atoms with Crippen LogP contribution in [0.3, 0.4) is 0 Å². The van der Waals surface area contributed by atoms with E-state index in [1.165, 1.54) is 0 Å². The fourth-order valence-electron chi connectivity index (χ4n) is 3.42. The van der Waals surface area contributed by atoms with Crippen molar-refractivity contribution in [1.82, 2.24) is 10.2 Å². The van der Waals surface area contributed by atoms with E-state index in [0.717, 1.165) is 31.7 Å². The summed E-state index contributed by atoms with van der Waals surface area (Å²) in [6.45, 7) is 8.01. The summed E-state index contributed by atoms with van der Waals surface area (Å²) in [5, 5.41) is 2.94. The minimum Gasteiger partial charge on any atom is -0.350 e. The zero-order chi connectivity index (χ0) is 16.3. The summed E-state index contributed by atoms with van der Waals surface area (Å²) < 4.78 is 24.1. The molecular weight excluding hydrogens is 320 g/mol. The monoisotopic (exact) mass is 348 g/mol. The van der Waals surface area contributed by atoms with E-state index in [1.54, 1.807) is 11.8 Å². The lowest BCUT2D eigenvalue weighted by Gasteiger charge is -2.30. The molecule has 2 fully saturated rings. The Morgan fingerprint density at radius 2 is 1.91 bits per heavy atom. The fourth-order valence-corrected chi connectivity index (χ4v) is 6.33. The van der Waals surface area contributed by atoms with Crippen LogP contribution in [0.1, 0.15) is 33.6 Å². The molecule has 2 saturated heterocycles. The number of sulfone groups is 1. The molecule has 128 valence electrons. The number of carbonyl (C=O) groups is 1. The van der Waals surface area contributed by atoms with Crippen molar-refractivity contribution in [1.29, 1.82) is 0 Å². The first-order chi connectivity index (χ1) is 10.3. The molecule has 2 aliphatic heterocycles. The minimum absolute atomic E-state index is 0.00635. The Morgan fingerprint density at radius 1 is 1.27 bits per heavy atom. The minimum atomic E-state index is -3.05. The summed E-state index contributed by atoms with van der Waals surface area (Å²) in [5.74, 6) is 1.39. The maximum atomic E-state index is 12.6. The van der Waals surface area contributed by atoms with Crippen molar-refractivity contribution in [3.8, 4) is 0 Å². The van der Waals surface area contributed by atoms with E-state index in [0.29, 0.717) is 0 Å². The Balaban J connectivity index is 2.06. The van der Waals surface area contributed by atoms with Gasteiger partial charge in [0.25, 0.3) is 0 Å². The van der Waals surface area contributed by atoms with Crippen LogP contribution in [-0.4, -0.2) is 66.9 Å². The smallest absolute Gasteiger partial charge is 0.233 e. The molecule has 0 aromatic heterocycles. The number of likely N-dealkylation sites (tertiary alicyclic amines) is 1. The lowest BCUT2D eigenvalue weighted by Crippen LogP contribution is -2.52. The molecule has 1 amide bonds. The van der Waals surface area contributed by atoms with Crippen LogP contribution in [0.5, 0.6) is 0 Å². The molecule has 7 heteroatoms. The summed E-state index contributed by atoms with van der Waals surface area (Å²) in [6, 6.07) is -0.301. The predicted molar refractivity (Wildman–Crippen MR) is 91.9 cm³/mol. The molecule has 0 radical (unpaired) electrons. The summed E-state index contributed by atoms with van der Waals surface area (Å²) >= 11 is 1.63. The van der Waals surface area contributed by atoms with Gasteiger partial charge in [-0.15, -0.1) is 11.8 Å². The van der Waals surface area contributed by atoms with Crippen LogP contribution in [0.15, 0.2) is 0 Å². The fraction of sp³-hybridized carbons (Fsp3) is 0.933. The van der Waals surface area contributed by atoms with Crippen LogP contribution < -0.4 is 5.32 Å². The highest BCUT2D eigenvalue weighted by atomic mass is 32.2. The van der Waals surface area contributed by atoms with Crippen molar-refractivity contribution in [2.45, 2.75) is 50.9 Å². The number of carbonyl (C=O) groups excluding carboxylic acids is 1. The molecule has 0 spiro atoms. The molecule has 3 atom stereocenters. The van der Waals surface area contributed by atoms with Gasteiger partial charge in [-0.2, -0.15) is 0 Å². The number of rotatable bonds is 6. The predicted octanol–water partition coefficient (Wildman–Crippen LogP) is 1.14. The van der Waals surface area contributed by atoms with Gasteiger partial charge in [0.15, 0.2) is 9.84 Å². The highest BCUT2D eigenvalue weighted by molar-refractivity contribution is 8.00. The first-order valence-corrected chi connectivity index (χ1v) is 11.1. The van der Waals surface area contributed by atoms with E-state index >= 15 is 0 Å². The summed E-state index contributed by atoms with van der Waals surface area (Å²) in [6.07, 6.45) is 2.25. The topological polar surface area (TPSA) is 66.5 Å². The third kappa shape index (κ3) is 4.38. The zero-order valence-electron chi connectivity index (χ0n) is 13.7. The maximum Gasteiger partial charge on any atom is 0.233 e. The number of nitrogens with one attached hydrogen (secondary N) is 1. The zero-order valence-corrected chi connectivity index (χ0v) is 15.4. The largest absolute Gasteiger partial charge is 0.350 e. The number of nitrogens with zero attached hydrogens (tertiary/aromatic N) is 1. The molecule has 5 nitrogen and oxygen atoms in total. The summed E-state index contributed by atoms with van der Waals surface area (Å²) in [4.78, 5) is 14.8. The average Bonchev–Trinajstić information content (AvgIpc) is 3.02. The molecule has 1 N–H and O–H groups in total. The third-order valence-corrected chi connectivity index (χ3v) is 7.64. The number of hydrogen-bond donors (Lipinski definition) is 1. The highest BCUT2D eigenvalue weighted by Crippen LogP contribution is 2.24. The standard InChI is InChI=1S/C15H28N2O3S2/c1-4-21-14(11(2)3)15(18)16-12-9-22(19,20)10-13(12)17-7-5-6-8-17/h11-14H,4-10H2,1-3H3,(H,16,18). The van der Waals surface area contributed by atoms with Gasteiger partial charge < -0.3 is 5.32 Å². The van der Waals surface area contributed by atoms with E-state index in [1.807, 2.05) is 20.8 Å². The second kappa shape index (κ2) is 7.53. The molecule has 0 aromatic carbocycles. The van der Waals surface area contributed by atoms with Crippen LogP contribution in [0.25, 0.3) is 0 Å². The highest BCUT2D eigenvalue weighted by Gasteiger charge is 2.43. The maximum absolute atomic E-state index is 12.6. The third-order valence-electron chi connectivity index (χ3n) is 4.47. The first-order valence-electron chi connectivity index (χ1n) is 8.20. The van der Waals surface area contributed by atoms with Crippen LogP contribution >= 0.6 is 11.8 Å². The van der Waals surface area contributed by atoms with Crippen molar-refractivity contribution in [2.24, 2.45) is 5.92 Å². The number of thioether (sulfide) groups is 1. The Bertz CT molecular complexity index is 487. The van der Waals surface area contributed by atoms with Gasteiger partial charge in [-0.05, 0) is 37.6 Å². The van der Waals surface area contributed by atoms with E-state index < -0.39 is 9.84 Å². The molecule has 0 saturated carbocycles. The Labute approximate surface area is 138 Å². The van der Waals surface area contributed by atoms with Gasteiger partial charge in [-0.3, -0.25) is 9.69 Å². The van der Waals surface area contributed by atoms with Crippen molar-refractivity contribution in [3.63, 3.8) is 0 Å². The van der Waals surface area contributed by atoms with E-state index in [4.69, 9.17) is 0 Å². The Morgan fingerprint density at radius 3 is 2.45 bits per heavy atom. The van der Waals surface area contributed by atoms with Gasteiger partial charge in [0.2, 0.25) is 5.91 Å². The number of hydrogen-bond acceptors (Lipinski definition) is 5. The molecule has 2 heterocycles. The van der Waals surface area contributed by atoms with Crippen LogP contribution in [0.4, 0.5) is 0 Å². The van der Waals surface area contributed by atoms with E-state index in [-0.39, 0.29) is 40.7 Å². The first kappa shape index (κ1) is 18.1. The lowest BCUT2D eigenvalue weighted by molar-refractivity contribution is -0.122. The number of amides is 1. The molecule has 22 heavy (non-hydrogen) atoms. The van der Waals surface area contributed by atoms with Crippen LogP contribution in [0, 0.1) is 5.92 Å². The van der Waals surface area contributed by atoms with E-state index in [2.05, 4.69) is 10.2 Å². The second-order valence-electron chi connectivity index (χ2n) is 6.62. The van der Waals surface area contributed by atoms with Crippen molar-refractivity contribution >= 4 is 27.5 Å². The lowest BCUT2D eigenvalue weighted by atomic mass is 10.1. The molecule has 2 rings (SSSR count). The van der Waals surface area contributed by atoms with Gasteiger partial charge in [0.1, 0.15) is 0 Å². The van der Waals surface area contributed by atoms with Crippen LogP contribution in [-0.2, 0) is 14.6 Å². The van der Waals surface area contributed by atoms with E-state index in [9.17, 15) is 13.2 Å². The van der Waals surface area contributed by atoms with Gasteiger partial charge >= 0.3 is 0 Å². The van der Waals surface area contributed by atoms with Crippen molar-refractivity contribution < 1.29 is 13.2 Å². The second-order valence-corrected chi connectivity index (χ2v) is 10.2. The molecular formula is C15H28N2O3S2. The summed E-state index contributed by atoms with van der Waals surface area (Å²) in [7, 11) is -3.05. The Hall–Kier alpha value is -0.270. The molecule has 2 aliphatic rings. The SMILES string of the molecule is CCSC(C(=O)NC1CS(=O)(=O)CC1N1CCCC1)C(C)C. The van der Waals surface area contributed by atoms with Crippen molar-refractivity contribution in [2.75, 3.05) is 30.3 Å². The normalized spacial score (nSPS) is 29.8. The average molecular weight is 349 g/mol. The van der Waals surface area contributed by atoms with Gasteiger partial charge in [0, 0.05) is 6.04 Å². The molecule has 0 aromatic rings. The van der Waals surface area contributed by atoms with Gasteiger partial charge in [0.05, 0.1) is 22.8 Å².